The summed E-state index contributed by atoms with van der Waals surface area (Å²) in [5.74, 6) is -2.91. The van der Waals surface area contributed by atoms with E-state index in [0.717, 1.165) is 42.3 Å². The lowest BCUT2D eigenvalue weighted by molar-refractivity contribution is -0.136. The van der Waals surface area contributed by atoms with Crippen LogP contribution in [-0.2, 0) is 32.0 Å². The number of Topliss-reactive ketones (excluding diaryl/α,β-unsaturated/α-hetero) is 1. The normalized spacial score (nSPS) is 15.4. The standard InChI is InChI=1S/C34H31ClF2N2O5/c1-38(33(42)22-9-10-22)25-11-5-20(6-12-25)17-28(29(40)18-21-3-7-23(8-4-21)34(43)44-2)39-16-15-24(19-30(39)41)31-27(36)14-13-26(35)32(31)37/h3-8,11-14,19,22,28H,9-10,15-18H2,1-2H3. The fraction of sp³-hybridized carbons (Fsp3) is 0.294. The molecule has 1 heterocycles. The average Bonchev–Trinajstić information content (AvgIpc) is 3.88. The minimum atomic E-state index is -0.938. The third kappa shape index (κ3) is 6.73. The molecular weight excluding hydrogens is 590 g/mol. The Balaban J connectivity index is 1.40. The van der Waals surface area contributed by atoms with Crippen LogP contribution >= 0.6 is 11.6 Å². The van der Waals surface area contributed by atoms with Crippen LogP contribution in [0.4, 0.5) is 14.5 Å². The number of carbonyl (C=O) groups excluding carboxylic acids is 4. The SMILES string of the molecule is COC(=O)c1ccc(CC(=O)C(Cc2ccc(N(C)C(=O)C3CC3)cc2)N2CCC(c3c(F)ccc(Cl)c3F)=CC2=O)cc1. The molecule has 0 radical (unpaired) electrons. The first-order valence-corrected chi connectivity index (χ1v) is 14.7. The number of ketones is 1. The van der Waals surface area contributed by atoms with Crippen LogP contribution < -0.4 is 4.90 Å². The monoisotopic (exact) mass is 620 g/mol. The maximum absolute atomic E-state index is 14.7. The molecule has 1 saturated carbocycles. The lowest BCUT2D eigenvalue weighted by atomic mass is 9.92. The molecule has 228 valence electrons. The number of amides is 2. The van der Waals surface area contributed by atoms with Crippen LogP contribution in [0, 0.1) is 17.6 Å². The van der Waals surface area contributed by atoms with Crippen molar-refractivity contribution in [3.05, 3.63) is 106 Å². The molecule has 0 aromatic heterocycles. The first-order valence-electron chi connectivity index (χ1n) is 14.3. The van der Waals surface area contributed by atoms with Crippen molar-refractivity contribution in [3.63, 3.8) is 0 Å². The van der Waals surface area contributed by atoms with Crippen molar-refractivity contribution in [3.8, 4) is 0 Å². The van der Waals surface area contributed by atoms with E-state index >= 15 is 0 Å². The van der Waals surface area contributed by atoms with Gasteiger partial charge in [0.15, 0.2) is 11.6 Å². The predicted octanol–water partition coefficient (Wildman–Crippen LogP) is 5.82. The van der Waals surface area contributed by atoms with Gasteiger partial charge < -0.3 is 14.5 Å². The smallest absolute Gasteiger partial charge is 0.337 e. The summed E-state index contributed by atoms with van der Waals surface area (Å²) >= 11 is 5.87. The zero-order valence-electron chi connectivity index (χ0n) is 24.3. The van der Waals surface area contributed by atoms with Crippen LogP contribution in [0.2, 0.25) is 5.02 Å². The van der Waals surface area contributed by atoms with Crippen molar-refractivity contribution in [2.45, 2.75) is 38.1 Å². The second-order valence-electron chi connectivity index (χ2n) is 11.1. The molecule has 3 aromatic rings. The summed E-state index contributed by atoms with van der Waals surface area (Å²) in [7, 11) is 3.01. The third-order valence-corrected chi connectivity index (χ3v) is 8.37. The van der Waals surface area contributed by atoms with E-state index in [-0.39, 0.29) is 59.6 Å². The van der Waals surface area contributed by atoms with Gasteiger partial charge in [0, 0.05) is 37.7 Å². The lowest BCUT2D eigenvalue weighted by Gasteiger charge is -2.34. The minimum Gasteiger partial charge on any atom is -0.465 e. The molecule has 1 atom stereocenters. The number of hydrogen-bond acceptors (Lipinski definition) is 5. The quantitative estimate of drug-likeness (QED) is 0.211. The minimum absolute atomic E-state index is 0.0132. The van der Waals surface area contributed by atoms with Crippen LogP contribution in [-0.4, -0.2) is 55.2 Å². The molecule has 1 aliphatic heterocycles. The number of carbonyl (C=O) groups is 4. The molecule has 0 saturated heterocycles. The van der Waals surface area contributed by atoms with E-state index in [4.69, 9.17) is 16.3 Å². The Morgan fingerprint density at radius 1 is 1.00 bits per heavy atom. The highest BCUT2D eigenvalue weighted by molar-refractivity contribution is 6.31. The second-order valence-corrected chi connectivity index (χ2v) is 11.5. The Morgan fingerprint density at radius 2 is 1.66 bits per heavy atom. The van der Waals surface area contributed by atoms with E-state index in [0.29, 0.717) is 11.1 Å². The first kappa shape index (κ1) is 31.1. The predicted molar refractivity (Wildman–Crippen MR) is 162 cm³/mol. The van der Waals surface area contributed by atoms with Gasteiger partial charge in [-0.05, 0) is 78.8 Å². The van der Waals surface area contributed by atoms with E-state index in [1.54, 1.807) is 36.2 Å². The Labute approximate surface area is 259 Å². The van der Waals surface area contributed by atoms with Gasteiger partial charge in [-0.25, -0.2) is 13.6 Å². The fourth-order valence-electron chi connectivity index (χ4n) is 5.39. The summed E-state index contributed by atoms with van der Waals surface area (Å²) in [5.41, 5.74) is 2.31. The van der Waals surface area contributed by atoms with Crippen molar-refractivity contribution >= 4 is 46.4 Å². The molecule has 5 rings (SSSR count). The third-order valence-electron chi connectivity index (χ3n) is 8.08. The number of nitrogens with zero attached hydrogens (tertiary/aromatic N) is 2. The molecule has 0 bridgehead atoms. The Hall–Kier alpha value is -4.37. The molecule has 7 nitrogen and oxygen atoms in total. The maximum atomic E-state index is 14.7. The van der Waals surface area contributed by atoms with Gasteiger partial charge in [0.05, 0.1) is 29.3 Å². The molecule has 10 heteroatoms. The number of methoxy groups -OCH3 is 1. The number of ether oxygens (including phenoxy) is 1. The van der Waals surface area contributed by atoms with Gasteiger partial charge in [0.2, 0.25) is 11.8 Å². The highest BCUT2D eigenvalue weighted by Crippen LogP contribution is 2.33. The van der Waals surface area contributed by atoms with Crippen LogP contribution in [0.1, 0.15) is 46.3 Å². The molecule has 44 heavy (non-hydrogen) atoms. The van der Waals surface area contributed by atoms with Crippen LogP contribution in [0.5, 0.6) is 0 Å². The largest absolute Gasteiger partial charge is 0.465 e. The highest BCUT2D eigenvalue weighted by Gasteiger charge is 2.34. The number of anilines is 1. The molecule has 1 fully saturated rings. The Kier molecular flexibility index (Phi) is 9.25. The summed E-state index contributed by atoms with van der Waals surface area (Å²) in [6, 6.07) is 15.0. The summed E-state index contributed by atoms with van der Waals surface area (Å²) in [4.78, 5) is 54.6. The van der Waals surface area contributed by atoms with Crippen molar-refractivity contribution in [2.24, 2.45) is 5.92 Å². The molecule has 1 aliphatic carbocycles. The molecule has 2 amide bonds. The molecular formula is C34H31ClF2N2O5. The van der Waals surface area contributed by atoms with Crippen molar-refractivity contribution in [1.82, 2.24) is 4.90 Å². The van der Waals surface area contributed by atoms with E-state index in [1.807, 2.05) is 24.3 Å². The van der Waals surface area contributed by atoms with E-state index in [1.165, 1.54) is 12.0 Å². The van der Waals surface area contributed by atoms with Crippen LogP contribution in [0.25, 0.3) is 5.57 Å². The first-order chi connectivity index (χ1) is 21.1. The fourth-order valence-corrected chi connectivity index (χ4v) is 5.54. The maximum Gasteiger partial charge on any atom is 0.337 e. The number of halogens is 3. The van der Waals surface area contributed by atoms with Crippen molar-refractivity contribution in [1.29, 1.82) is 0 Å². The van der Waals surface area contributed by atoms with Crippen molar-refractivity contribution < 1.29 is 32.7 Å². The topological polar surface area (TPSA) is 84.0 Å². The summed E-state index contributed by atoms with van der Waals surface area (Å²) in [5, 5.41) is -0.253. The summed E-state index contributed by atoms with van der Waals surface area (Å²) in [6.07, 6.45) is 3.24. The van der Waals surface area contributed by atoms with Gasteiger partial charge in [-0.3, -0.25) is 14.4 Å². The number of rotatable bonds is 10. The zero-order valence-corrected chi connectivity index (χ0v) is 25.1. The molecule has 0 N–H and O–H groups in total. The van der Waals surface area contributed by atoms with Crippen LogP contribution in [0.15, 0.2) is 66.7 Å². The molecule has 2 aliphatic rings. The van der Waals surface area contributed by atoms with Gasteiger partial charge in [0.25, 0.3) is 0 Å². The van der Waals surface area contributed by atoms with Gasteiger partial charge in [-0.2, -0.15) is 0 Å². The van der Waals surface area contributed by atoms with Gasteiger partial charge in [-0.15, -0.1) is 0 Å². The molecule has 1 unspecified atom stereocenters. The Bertz CT molecular complexity index is 1630. The van der Waals surface area contributed by atoms with Gasteiger partial charge >= 0.3 is 5.97 Å². The van der Waals surface area contributed by atoms with E-state index in [9.17, 15) is 28.0 Å². The van der Waals surface area contributed by atoms with Gasteiger partial charge in [-0.1, -0.05) is 35.9 Å². The van der Waals surface area contributed by atoms with Crippen molar-refractivity contribution in [2.75, 3.05) is 25.6 Å². The Morgan fingerprint density at radius 3 is 2.27 bits per heavy atom. The average molecular weight is 621 g/mol. The van der Waals surface area contributed by atoms with E-state index < -0.39 is 29.6 Å². The summed E-state index contributed by atoms with van der Waals surface area (Å²) in [6.45, 7) is 0.0600. The highest BCUT2D eigenvalue weighted by atomic mass is 35.5. The number of hydrogen-bond donors (Lipinski definition) is 0. The number of esters is 1. The van der Waals surface area contributed by atoms with E-state index in [2.05, 4.69) is 0 Å². The second kappa shape index (κ2) is 13.1. The summed E-state index contributed by atoms with van der Waals surface area (Å²) < 4.78 is 34.0. The van der Waals surface area contributed by atoms with Gasteiger partial charge in [0.1, 0.15) is 5.82 Å². The zero-order chi connectivity index (χ0) is 31.5. The molecule has 0 spiro atoms. The van der Waals surface area contributed by atoms with Crippen LogP contribution in [0.3, 0.4) is 0 Å². The lowest BCUT2D eigenvalue weighted by Crippen LogP contribution is -2.48. The number of benzene rings is 3. The molecule has 3 aromatic carbocycles.